The molecule has 2 fully saturated rings. The van der Waals surface area contributed by atoms with Crippen molar-refractivity contribution in [1.29, 1.82) is 0 Å². The van der Waals surface area contributed by atoms with Gasteiger partial charge in [-0.1, -0.05) is 24.3 Å². The molecule has 2 bridgehead atoms. The summed E-state index contributed by atoms with van der Waals surface area (Å²) in [7, 11) is 0. The first kappa shape index (κ1) is 18.9. The molecule has 158 valence electrons. The molecule has 6 rings (SSSR count). The number of para-hydroxylation sites is 1. The Morgan fingerprint density at radius 1 is 0.969 bits per heavy atom. The maximum Gasteiger partial charge on any atom is 0.255 e. The maximum atomic E-state index is 13.0. The molecule has 6 nitrogen and oxygen atoms in total. The second-order valence-corrected chi connectivity index (χ2v) is 8.84. The lowest BCUT2D eigenvalue weighted by Crippen LogP contribution is -2.32. The number of aromatic nitrogens is 1. The van der Waals surface area contributed by atoms with Gasteiger partial charge >= 0.3 is 0 Å². The van der Waals surface area contributed by atoms with Crippen LogP contribution in [-0.4, -0.2) is 22.7 Å². The van der Waals surface area contributed by atoms with Crippen LogP contribution in [0.25, 0.3) is 10.9 Å². The van der Waals surface area contributed by atoms with E-state index in [9.17, 15) is 14.4 Å². The van der Waals surface area contributed by atoms with Gasteiger partial charge in [0.1, 0.15) is 0 Å². The molecule has 2 aliphatic carbocycles. The van der Waals surface area contributed by atoms with Crippen LogP contribution in [0.15, 0.2) is 66.9 Å². The summed E-state index contributed by atoms with van der Waals surface area (Å²) in [5, 5.41) is 3.92. The topological polar surface area (TPSA) is 79.4 Å². The highest BCUT2D eigenvalue weighted by Gasteiger charge is 2.59. The number of nitrogens with one attached hydrogen (secondary N) is 1. The summed E-state index contributed by atoms with van der Waals surface area (Å²) in [5.74, 6) is -0.627. The van der Waals surface area contributed by atoms with Gasteiger partial charge in [-0.3, -0.25) is 24.3 Å². The smallest absolute Gasteiger partial charge is 0.255 e. The molecule has 1 aliphatic heterocycles. The quantitative estimate of drug-likeness (QED) is 0.508. The zero-order valence-corrected chi connectivity index (χ0v) is 17.5. The van der Waals surface area contributed by atoms with Gasteiger partial charge in [-0.05, 0) is 67.1 Å². The fraction of sp³-hybridized carbons (Fsp3) is 0.231. The van der Waals surface area contributed by atoms with Crippen molar-refractivity contribution in [2.45, 2.75) is 13.3 Å². The van der Waals surface area contributed by atoms with Crippen molar-refractivity contribution >= 4 is 40.0 Å². The van der Waals surface area contributed by atoms with E-state index in [0.29, 0.717) is 16.9 Å². The van der Waals surface area contributed by atoms with E-state index in [1.165, 1.54) is 4.90 Å². The highest BCUT2D eigenvalue weighted by Crippen LogP contribution is 2.53. The molecule has 0 radical (unpaired) electrons. The number of aryl methyl sites for hydroxylation is 1. The van der Waals surface area contributed by atoms with Crippen molar-refractivity contribution in [3.63, 3.8) is 0 Å². The Morgan fingerprint density at radius 2 is 1.66 bits per heavy atom. The van der Waals surface area contributed by atoms with Crippen LogP contribution in [0.4, 0.5) is 11.4 Å². The fourth-order valence-corrected chi connectivity index (χ4v) is 5.53. The first-order valence-corrected chi connectivity index (χ1v) is 10.8. The highest BCUT2D eigenvalue weighted by molar-refractivity contribution is 6.23. The molecule has 1 unspecified atom stereocenters. The number of carbonyl (C=O) groups excluding carboxylic acids is 3. The molecular formula is C26H21N3O3. The molecule has 1 saturated carbocycles. The summed E-state index contributed by atoms with van der Waals surface area (Å²) in [6.07, 6.45) is 6.79. The number of rotatable bonds is 3. The number of pyridine rings is 1. The van der Waals surface area contributed by atoms with Gasteiger partial charge in [0.15, 0.2) is 0 Å². The van der Waals surface area contributed by atoms with Crippen molar-refractivity contribution in [3.05, 3.63) is 78.0 Å². The summed E-state index contributed by atoms with van der Waals surface area (Å²) >= 11 is 0. The van der Waals surface area contributed by atoms with Crippen molar-refractivity contribution in [3.8, 4) is 0 Å². The average Bonchev–Trinajstić information content (AvgIpc) is 3.48. The van der Waals surface area contributed by atoms with E-state index in [1.807, 2.05) is 31.2 Å². The Morgan fingerprint density at radius 3 is 2.34 bits per heavy atom. The second-order valence-electron chi connectivity index (χ2n) is 8.84. The molecule has 6 heteroatoms. The molecule has 1 aromatic heterocycles. The summed E-state index contributed by atoms with van der Waals surface area (Å²) in [6, 6.07) is 14.3. The van der Waals surface area contributed by atoms with Crippen molar-refractivity contribution in [2.24, 2.45) is 23.7 Å². The molecule has 1 N–H and O–H groups in total. The Hall–Kier alpha value is -3.80. The lowest BCUT2D eigenvalue weighted by atomic mass is 9.85. The third-order valence-corrected chi connectivity index (χ3v) is 7.10. The lowest BCUT2D eigenvalue weighted by molar-refractivity contribution is -0.123. The van der Waals surface area contributed by atoms with Gasteiger partial charge < -0.3 is 5.32 Å². The third-order valence-electron chi connectivity index (χ3n) is 7.10. The first-order chi connectivity index (χ1) is 15.5. The largest absolute Gasteiger partial charge is 0.320 e. The van der Waals surface area contributed by atoms with Gasteiger partial charge in [-0.2, -0.15) is 0 Å². The molecule has 0 spiro atoms. The Kier molecular flexibility index (Phi) is 4.05. The fourth-order valence-electron chi connectivity index (χ4n) is 5.53. The second kappa shape index (κ2) is 6.85. The van der Waals surface area contributed by atoms with E-state index < -0.39 is 0 Å². The number of nitrogens with zero attached hydrogens (tertiary/aromatic N) is 2. The number of amides is 3. The number of anilines is 2. The number of hydrogen-bond acceptors (Lipinski definition) is 4. The van der Waals surface area contributed by atoms with E-state index in [4.69, 9.17) is 0 Å². The zero-order valence-electron chi connectivity index (χ0n) is 17.5. The van der Waals surface area contributed by atoms with Gasteiger partial charge in [0, 0.05) is 17.1 Å². The SMILES string of the molecule is Cc1ccnc2c(NC(=O)c3ccc(N4C(=O)[C@@H]5[C@H](C4=O)C4C=C[C@H]5C4)cc3)cccc12. The molecule has 3 aliphatic rings. The van der Waals surface area contributed by atoms with Crippen molar-refractivity contribution < 1.29 is 14.4 Å². The molecule has 4 atom stereocenters. The van der Waals surface area contributed by atoms with E-state index >= 15 is 0 Å². The summed E-state index contributed by atoms with van der Waals surface area (Å²) in [4.78, 5) is 44.6. The van der Waals surface area contributed by atoms with E-state index in [0.717, 1.165) is 22.9 Å². The highest BCUT2D eigenvalue weighted by atomic mass is 16.2. The predicted molar refractivity (Wildman–Crippen MR) is 121 cm³/mol. The molecule has 3 aromatic rings. The van der Waals surface area contributed by atoms with Gasteiger partial charge in [-0.15, -0.1) is 0 Å². The maximum absolute atomic E-state index is 13.0. The Labute approximate surface area is 184 Å². The molecule has 1 saturated heterocycles. The van der Waals surface area contributed by atoms with Gasteiger partial charge in [0.25, 0.3) is 5.91 Å². The van der Waals surface area contributed by atoms with Crippen LogP contribution >= 0.6 is 0 Å². The lowest BCUT2D eigenvalue weighted by Gasteiger charge is -2.17. The molecule has 2 heterocycles. The number of fused-ring (bicyclic) bond motifs is 6. The minimum atomic E-state index is -0.273. The average molecular weight is 423 g/mol. The third kappa shape index (κ3) is 2.65. The molecule has 3 amide bonds. The Bertz CT molecular complexity index is 1300. The molecular weight excluding hydrogens is 402 g/mol. The monoisotopic (exact) mass is 423 g/mol. The number of imide groups is 1. The zero-order chi connectivity index (χ0) is 22.0. The number of benzene rings is 2. The van der Waals surface area contributed by atoms with Gasteiger partial charge in [0.2, 0.25) is 11.8 Å². The van der Waals surface area contributed by atoms with Crippen molar-refractivity contribution in [1.82, 2.24) is 4.98 Å². The first-order valence-electron chi connectivity index (χ1n) is 10.8. The van der Waals surface area contributed by atoms with Crippen LogP contribution in [0.1, 0.15) is 22.3 Å². The van der Waals surface area contributed by atoms with Crippen molar-refractivity contribution in [2.75, 3.05) is 10.2 Å². The van der Waals surface area contributed by atoms with E-state index in [1.54, 1.807) is 30.5 Å². The Balaban J connectivity index is 1.24. The van der Waals surface area contributed by atoms with Crippen LogP contribution < -0.4 is 10.2 Å². The standard InChI is InChI=1S/C26H21N3O3/c1-14-11-12-27-23-19(14)3-2-4-20(23)28-24(30)15-7-9-18(10-8-15)29-25(31)21-16-5-6-17(13-16)22(21)26(29)32/h2-12,16-17,21-22H,13H2,1H3,(H,28,30)/t16-,17?,21-,22+/m0/s1. The normalized spacial score (nSPS) is 25.6. The van der Waals surface area contributed by atoms with Crippen LogP contribution in [0, 0.1) is 30.6 Å². The number of allylic oxidation sites excluding steroid dienone is 2. The summed E-state index contributed by atoms with van der Waals surface area (Å²) in [6.45, 7) is 2.00. The molecule has 2 aromatic carbocycles. The predicted octanol–water partition coefficient (Wildman–Crippen LogP) is 4.11. The van der Waals surface area contributed by atoms with E-state index in [-0.39, 0.29) is 41.4 Å². The van der Waals surface area contributed by atoms with Crippen LogP contribution in [0.2, 0.25) is 0 Å². The number of carbonyl (C=O) groups is 3. The van der Waals surface area contributed by atoms with E-state index in [2.05, 4.69) is 22.5 Å². The van der Waals surface area contributed by atoms with Crippen LogP contribution in [0.3, 0.4) is 0 Å². The number of hydrogen-bond donors (Lipinski definition) is 1. The van der Waals surface area contributed by atoms with Gasteiger partial charge in [0.05, 0.1) is 28.7 Å². The minimum absolute atomic E-state index is 0.119. The van der Waals surface area contributed by atoms with Gasteiger partial charge in [-0.25, -0.2) is 0 Å². The van der Waals surface area contributed by atoms with Crippen LogP contribution in [-0.2, 0) is 9.59 Å². The summed E-state index contributed by atoms with van der Waals surface area (Å²) < 4.78 is 0. The minimum Gasteiger partial charge on any atom is -0.320 e. The van der Waals surface area contributed by atoms with Crippen LogP contribution in [0.5, 0.6) is 0 Å². The summed E-state index contributed by atoms with van der Waals surface area (Å²) in [5.41, 5.74) is 3.43. The molecule has 32 heavy (non-hydrogen) atoms.